The summed E-state index contributed by atoms with van der Waals surface area (Å²) >= 11 is 0. The van der Waals surface area contributed by atoms with E-state index in [1.165, 1.54) is 0 Å². The SMILES string of the molecule is CCC1CN(C(=O)OCc2ccccc2)CCN1. The lowest BCUT2D eigenvalue weighted by atomic mass is 10.2. The minimum atomic E-state index is -0.209. The molecule has 1 N–H and O–H groups in total. The van der Waals surface area contributed by atoms with Crippen LogP contribution in [0, 0.1) is 0 Å². The molecule has 1 atom stereocenters. The zero-order chi connectivity index (χ0) is 12.8. The summed E-state index contributed by atoms with van der Waals surface area (Å²) in [5, 5.41) is 3.38. The molecule has 0 aromatic heterocycles. The largest absolute Gasteiger partial charge is 0.445 e. The van der Waals surface area contributed by atoms with Crippen molar-refractivity contribution in [2.75, 3.05) is 19.6 Å². The number of carbonyl (C=O) groups excluding carboxylic acids is 1. The van der Waals surface area contributed by atoms with Crippen LogP contribution in [0.5, 0.6) is 0 Å². The van der Waals surface area contributed by atoms with Gasteiger partial charge < -0.3 is 15.0 Å². The Hall–Kier alpha value is -1.55. The molecule has 1 heterocycles. The molecule has 18 heavy (non-hydrogen) atoms. The highest BCUT2D eigenvalue weighted by atomic mass is 16.6. The van der Waals surface area contributed by atoms with Crippen molar-refractivity contribution in [1.29, 1.82) is 0 Å². The van der Waals surface area contributed by atoms with E-state index >= 15 is 0 Å². The molecule has 1 unspecified atom stereocenters. The number of hydrogen-bond donors (Lipinski definition) is 1. The molecule has 0 radical (unpaired) electrons. The Morgan fingerprint density at radius 1 is 1.44 bits per heavy atom. The molecule has 98 valence electrons. The fourth-order valence-corrected chi connectivity index (χ4v) is 2.08. The van der Waals surface area contributed by atoms with Crippen molar-refractivity contribution in [2.45, 2.75) is 26.0 Å². The lowest BCUT2D eigenvalue weighted by molar-refractivity contribution is 0.0846. The number of rotatable bonds is 3. The van der Waals surface area contributed by atoms with Crippen molar-refractivity contribution in [3.05, 3.63) is 35.9 Å². The van der Waals surface area contributed by atoms with Crippen LogP contribution in [0.4, 0.5) is 4.79 Å². The number of nitrogens with one attached hydrogen (secondary N) is 1. The van der Waals surface area contributed by atoms with Crippen LogP contribution in [0.1, 0.15) is 18.9 Å². The van der Waals surface area contributed by atoms with E-state index in [1.807, 2.05) is 30.3 Å². The summed E-state index contributed by atoms with van der Waals surface area (Å²) in [5.74, 6) is 0. The van der Waals surface area contributed by atoms with E-state index in [1.54, 1.807) is 4.90 Å². The first-order valence-corrected chi connectivity index (χ1v) is 6.48. The molecule has 1 saturated heterocycles. The Morgan fingerprint density at radius 2 is 2.22 bits per heavy atom. The van der Waals surface area contributed by atoms with E-state index in [4.69, 9.17) is 4.74 Å². The van der Waals surface area contributed by atoms with Crippen molar-refractivity contribution >= 4 is 6.09 Å². The van der Waals surface area contributed by atoms with Crippen molar-refractivity contribution in [3.8, 4) is 0 Å². The third kappa shape index (κ3) is 3.47. The van der Waals surface area contributed by atoms with Gasteiger partial charge in [-0.25, -0.2) is 4.79 Å². The fourth-order valence-electron chi connectivity index (χ4n) is 2.08. The molecule has 1 fully saturated rings. The third-order valence-electron chi connectivity index (χ3n) is 3.21. The molecule has 4 nitrogen and oxygen atoms in total. The number of piperazine rings is 1. The highest BCUT2D eigenvalue weighted by Gasteiger charge is 2.22. The molecule has 0 aliphatic carbocycles. The van der Waals surface area contributed by atoms with Crippen LogP contribution in [0.3, 0.4) is 0 Å². The highest BCUT2D eigenvalue weighted by Crippen LogP contribution is 2.07. The van der Waals surface area contributed by atoms with Gasteiger partial charge in [0.05, 0.1) is 0 Å². The molecular weight excluding hydrogens is 228 g/mol. The maximum absolute atomic E-state index is 11.9. The van der Waals surface area contributed by atoms with Gasteiger partial charge in [0.2, 0.25) is 0 Å². The summed E-state index contributed by atoms with van der Waals surface area (Å²) in [6.07, 6.45) is 0.821. The number of nitrogens with zero attached hydrogens (tertiary/aromatic N) is 1. The second-order valence-corrected chi connectivity index (χ2v) is 4.55. The van der Waals surface area contributed by atoms with Crippen LogP contribution in [0.15, 0.2) is 30.3 Å². The second kappa shape index (κ2) is 6.40. The maximum Gasteiger partial charge on any atom is 0.410 e. The van der Waals surface area contributed by atoms with E-state index in [9.17, 15) is 4.79 Å². The molecular formula is C14H20N2O2. The molecule has 1 aliphatic rings. The minimum absolute atomic E-state index is 0.209. The molecule has 4 heteroatoms. The first-order chi connectivity index (χ1) is 8.79. The van der Waals surface area contributed by atoms with E-state index in [2.05, 4.69) is 12.2 Å². The Bertz CT molecular complexity index is 381. The number of amides is 1. The molecule has 1 aromatic rings. The number of ether oxygens (including phenoxy) is 1. The van der Waals surface area contributed by atoms with Crippen LogP contribution in [0.2, 0.25) is 0 Å². The van der Waals surface area contributed by atoms with Gasteiger partial charge in [-0.15, -0.1) is 0 Å². The minimum Gasteiger partial charge on any atom is -0.445 e. The summed E-state index contributed by atoms with van der Waals surface area (Å²) in [6.45, 7) is 4.78. The Kier molecular flexibility index (Phi) is 4.59. The zero-order valence-corrected chi connectivity index (χ0v) is 10.8. The average molecular weight is 248 g/mol. The topological polar surface area (TPSA) is 41.6 Å². The van der Waals surface area contributed by atoms with E-state index in [0.717, 1.165) is 31.6 Å². The average Bonchev–Trinajstić information content (AvgIpc) is 2.46. The molecule has 1 amide bonds. The Morgan fingerprint density at radius 3 is 2.94 bits per heavy atom. The van der Waals surface area contributed by atoms with Gasteiger partial charge in [-0.05, 0) is 12.0 Å². The lowest BCUT2D eigenvalue weighted by Gasteiger charge is -2.32. The maximum atomic E-state index is 11.9. The summed E-state index contributed by atoms with van der Waals surface area (Å²) in [5.41, 5.74) is 1.02. The summed E-state index contributed by atoms with van der Waals surface area (Å²) in [4.78, 5) is 13.7. The normalized spacial score (nSPS) is 19.6. The number of hydrogen-bond acceptors (Lipinski definition) is 3. The van der Waals surface area contributed by atoms with Gasteiger partial charge in [0.25, 0.3) is 0 Å². The summed E-state index contributed by atoms with van der Waals surface area (Å²) in [6, 6.07) is 10.2. The zero-order valence-electron chi connectivity index (χ0n) is 10.8. The van der Waals surface area contributed by atoms with Gasteiger partial charge in [-0.2, -0.15) is 0 Å². The van der Waals surface area contributed by atoms with Gasteiger partial charge in [0.15, 0.2) is 0 Å². The molecule has 1 aromatic carbocycles. The van der Waals surface area contributed by atoms with Crippen molar-refractivity contribution in [2.24, 2.45) is 0 Å². The molecule has 0 spiro atoms. The fraction of sp³-hybridized carbons (Fsp3) is 0.500. The van der Waals surface area contributed by atoms with Gasteiger partial charge in [-0.3, -0.25) is 0 Å². The Balaban J connectivity index is 1.81. The highest BCUT2D eigenvalue weighted by molar-refractivity contribution is 5.67. The third-order valence-corrected chi connectivity index (χ3v) is 3.21. The van der Waals surface area contributed by atoms with Crippen LogP contribution in [-0.2, 0) is 11.3 Å². The lowest BCUT2D eigenvalue weighted by Crippen LogP contribution is -2.52. The predicted octanol–water partition coefficient (Wildman–Crippen LogP) is 2.01. The molecule has 2 rings (SSSR count). The van der Waals surface area contributed by atoms with Crippen molar-refractivity contribution < 1.29 is 9.53 Å². The second-order valence-electron chi connectivity index (χ2n) is 4.55. The van der Waals surface area contributed by atoms with Crippen molar-refractivity contribution in [3.63, 3.8) is 0 Å². The quantitative estimate of drug-likeness (QED) is 0.889. The molecule has 0 saturated carbocycles. The van der Waals surface area contributed by atoms with E-state index < -0.39 is 0 Å². The Labute approximate surface area is 108 Å². The van der Waals surface area contributed by atoms with Crippen LogP contribution >= 0.6 is 0 Å². The van der Waals surface area contributed by atoms with Crippen LogP contribution < -0.4 is 5.32 Å². The van der Waals surface area contributed by atoms with Crippen LogP contribution in [-0.4, -0.2) is 36.7 Å². The van der Waals surface area contributed by atoms with Gasteiger partial charge in [0, 0.05) is 25.7 Å². The number of carbonyl (C=O) groups is 1. The van der Waals surface area contributed by atoms with Crippen molar-refractivity contribution in [1.82, 2.24) is 10.2 Å². The summed E-state index contributed by atoms with van der Waals surface area (Å²) in [7, 11) is 0. The van der Waals surface area contributed by atoms with E-state index in [-0.39, 0.29) is 6.09 Å². The summed E-state index contributed by atoms with van der Waals surface area (Å²) < 4.78 is 5.32. The van der Waals surface area contributed by atoms with Gasteiger partial charge in [-0.1, -0.05) is 37.3 Å². The number of benzene rings is 1. The first kappa shape index (κ1) is 12.9. The first-order valence-electron chi connectivity index (χ1n) is 6.48. The predicted molar refractivity (Wildman–Crippen MR) is 70.3 cm³/mol. The van der Waals surface area contributed by atoms with E-state index in [0.29, 0.717) is 12.6 Å². The monoisotopic (exact) mass is 248 g/mol. The van der Waals surface area contributed by atoms with Gasteiger partial charge in [0.1, 0.15) is 6.61 Å². The molecule has 0 bridgehead atoms. The molecule has 1 aliphatic heterocycles. The smallest absolute Gasteiger partial charge is 0.410 e. The van der Waals surface area contributed by atoms with Gasteiger partial charge >= 0.3 is 6.09 Å². The van der Waals surface area contributed by atoms with Crippen LogP contribution in [0.25, 0.3) is 0 Å². The standard InChI is InChI=1S/C14H20N2O2/c1-2-13-10-16(9-8-15-13)14(17)18-11-12-6-4-3-5-7-12/h3-7,13,15H,2,8-11H2,1H3.